The van der Waals surface area contributed by atoms with Gasteiger partial charge in [0.1, 0.15) is 11.3 Å². The van der Waals surface area contributed by atoms with Crippen molar-refractivity contribution in [2.75, 3.05) is 11.9 Å². The number of nitrogens with zero attached hydrogens (tertiary/aromatic N) is 1. The van der Waals surface area contributed by atoms with E-state index in [1.807, 2.05) is 30.5 Å². The number of aryl methyl sites for hydroxylation is 1. The lowest BCUT2D eigenvalue weighted by atomic mass is 9.61. The second kappa shape index (κ2) is 12.0. The Kier molecular flexibility index (Phi) is 8.45. The van der Waals surface area contributed by atoms with Gasteiger partial charge in [0.25, 0.3) is 0 Å². The van der Waals surface area contributed by atoms with E-state index in [4.69, 9.17) is 39.5 Å². The molecule has 43 heavy (non-hydrogen) atoms. The van der Waals surface area contributed by atoms with Crippen LogP contribution in [-0.2, 0) is 16.6 Å². The third-order valence-electron chi connectivity index (χ3n) is 9.82. The zero-order valence-electron chi connectivity index (χ0n) is 24.6. The van der Waals surface area contributed by atoms with E-state index in [0.717, 1.165) is 36.1 Å². The molecular formula is C35H37Cl3N2O3. The zero-order chi connectivity index (χ0) is 30.4. The number of hydrogen-bond donors (Lipinski definition) is 2. The molecule has 1 saturated carbocycles. The maximum atomic E-state index is 12.7. The molecule has 8 heteroatoms. The van der Waals surface area contributed by atoms with E-state index in [1.165, 1.54) is 23.3 Å². The van der Waals surface area contributed by atoms with E-state index >= 15 is 0 Å². The number of carboxylic acids is 1. The second-order valence-electron chi connectivity index (χ2n) is 12.7. The Morgan fingerprint density at radius 2 is 1.93 bits per heavy atom. The van der Waals surface area contributed by atoms with Gasteiger partial charge in [-0.15, -0.1) is 0 Å². The molecule has 1 aromatic heterocycles. The number of halogens is 3. The normalized spacial score (nSPS) is 25.0. The fraction of sp³-hybridized carbons (Fsp3) is 0.429. The third kappa shape index (κ3) is 5.65. The fourth-order valence-electron chi connectivity index (χ4n) is 7.53. The molecule has 0 radical (unpaired) electrons. The number of allylic oxidation sites excluding steroid dienone is 1. The van der Waals surface area contributed by atoms with Crippen molar-refractivity contribution in [2.45, 2.75) is 82.1 Å². The largest absolute Gasteiger partial charge is 0.493 e. The van der Waals surface area contributed by atoms with E-state index in [-0.39, 0.29) is 11.3 Å². The van der Waals surface area contributed by atoms with Crippen molar-refractivity contribution in [3.05, 3.63) is 91.7 Å². The van der Waals surface area contributed by atoms with Gasteiger partial charge >= 0.3 is 5.97 Å². The van der Waals surface area contributed by atoms with Crippen molar-refractivity contribution in [1.82, 2.24) is 4.98 Å². The van der Waals surface area contributed by atoms with Gasteiger partial charge in [-0.1, -0.05) is 72.4 Å². The minimum atomic E-state index is -1.09. The summed E-state index contributed by atoms with van der Waals surface area (Å²) in [5.41, 5.74) is 5.11. The highest BCUT2D eigenvalue weighted by Crippen LogP contribution is 2.56. The molecule has 2 N–H and O–H groups in total. The quantitative estimate of drug-likeness (QED) is 0.257. The summed E-state index contributed by atoms with van der Waals surface area (Å²) in [4.78, 5) is 17.4. The Bertz CT molecular complexity index is 1580. The predicted octanol–water partition coefficient (Wildman–Crippen LogP) is 9.73. The number of hydrogen-bond acceptors (Lipinski definition) is 4. The molecule has 0 saturated heterocycles. The van der Waals surface area contributed by atoms with Gasteiger partial charge in [0, 0.05) is 33.6 Å². The van der Waals surface area contributed by atoms with Crippen molar-refractivity contribution in [1.29, 1.82) is 0 Å². The lowest BCUT2D eigenvalue weighted by Gasteiger charge is -2.46. The molecule has 0 unspecified atom stereocenters. The lowest BCUT2D eigenvalue weighted by molar-refractivity contribution is -0.143. The lowest BCUT2D eigenvalue weighted by Crippen LogP contribution is -2.52. The number of anilines is 1. The van der Waals surface area contributed by atoms with E-state index in [0.29, 0.717) is 59.0 Å². The topological polar surface area (TPSA) is 71.5 Å². The number of nitrogens with one attached hydrogen (secondary N) is 1. The van der Waals surface area contributed by atoms with E-state index in [1.54, 1.807) is 12.1 Å². The van der Waals surface area contributed by atoms with Crippen LogP contribution in [0.5, 0.6) is 5.75 Å². The van der Waals surface area contributed by atoms with E-state index in [9.17, 15) is 9.90 Å². The summed E-state index contributed by atoms with van der Waals surface area (Å²) >= 11 is 19.4. The van der Waals surface area contributed by atoms with Crippen molar-refractivity contribution >= 4 is 52.5 Å². The first kappa shape index (κ1) is 30.3. The number of aliphatic carboxylic acids is 1. The number of aromatic nitrogens is 1. The van der Waals surface area contributed by atoms with Gasteiger partial charge in [0.05, 0.1) is 16.7 Å². The number of ether oxygens (including phenoxy) is 1. The summed E-state index contributed by atoms with van der Waals surface area (Å²) in [7, 11) is 0. The minimum Gasteiger partial charge on any atom is -0.493 e. The summed E-state index contributed by atoms with van der Waals surface area (Å²) in [5.74, 6) is 0.775. The van der Waals surface area contributed by atoms with Crippen molar-refractivity contribution < 1.29 is 14.6 Å². The fourth-order valence-corrected chi connectivity index (χ4v) is 8.10. The number of pyridine rings is 1. The van der Waals surface area contributed by atoms with Crippen LogP contribution in [0, 0.1) is 5.92 Å². The Labute approximate surface area is 268 Å². The molecule has 1 heterocycles. The van der Waals surface area contributed by atoms with Gasteiger partial charge in [-0.25, -0.2) is 4.79 Å². The number of carboxylic acid groups (broad SMARTS) is 1. The first-order chi connectivity index (χ1) is 20.6. The van der Waals surface area contributed by atoms with Crippen LogP contribution in [0.4, 0.5) is 5.69 Å². The first-order valence-corrected chi connectivity index (χ1v) is 16.3. The highest BCUT2D eigenvalue weighted by atomic mass is 35.5. The molecule has 0 bridgehead atoms. The van der Waals surface area contributed by atoms with Gasteiger partial charge < -0.3 is 15.2 Å². The Hall–Kier alpha value is -2.73. The average molecular weight is 640 g/mol. The maximum Gasteiger partial charge on any atom is 0.329 e. The molecule has 3 aromatic rings. The summed E-state index contributed by atoms with van der Waals surface area (Å²) in [6, 6.07) is 13.2. The van der Waals surface area contributed by atoms with Gasteiger partial charge in [-0.3, -0.25) is 4.98 Å². The highest BCUT2D eigenvalue weighted by molar-refractivity contribution is 6.43. The molecule has 6 rings (SSSR count). The maximum absolute atomic E-state index is 12.7. The van der Waals surface area contributed by atoms with Crippen LogP contribution in [0.25, 0.3) is 6.08 Å². The number of benzene rings is 2. The number of fused-ring (bicyclic) bond motifs is 3. The zero-order valence-corrected chi connectivity index (χ0v) is 26.8. The number of rotatable bonds is 8. The molecule has 226 valence electrons. The van der Waals surface area contributed by atoms with Crippen molar-refractivity contribution in [3.63, 3.8) is 0 Å². The van der Waals surface area contributed by atoms with Crippen molar-refractivity contribution in [3.8, 4) is 5.75 Å². The van der Waals surface area contributed by atoms with Crippen molar-refractivity contribution in [2.24, 2.45) is 5.92 Å². The molecule has 1 fully saturated rings. The molecule has 1 spiro atoms. The summed E-state index contributed by atoms with van der Waals surface area (Å²) in [6.45, 7) is 5.06. The molecule has 2 atom stereocenters. The van der Waals surface area contributed by atoms with Crippen LogP contribution >= 0.6 is 34.8 Å². The third-order valence-corrected chi connectivity index (χ3v) is 10.9. The van der Waals surface area contributed by atoms with E-state index < -0.39 is 11.5 Å². The molecule has 5 nitrogen and oxygen atoms in total. The minimum absolute atomic E-state index is 0.227. The van der Waals surface area contributed by atoms with Crippen LogP contribution in [0.15, 0.2) is 54.2 Å². The van der Waals surface area contributed by atoms with Crippen LogP contribution in [0.3, 0.4) is 0 Å². The number of carbonyl (C=O) groups is 1. The van der Waals surface area contributed by atoms with Gasteiger partial charge in [0.2, 0.25) is 0 Å². The van der Waals surface area contributed by atoms with Gasteiger partial charge in [-0.2, -0.15) is 0 Å². The first-order valence-electron chi connectivity index (χ1n) is 15.2. The average Bonchev–Trinajstić information content (AvgIpc) is 3.28. The van der Waals surface area contributed by atoms with Crippen LogP contribution in [-0.4, -0.2) is 28.2 Å². The van der Waals surface area contributed by atoms with Gasteiger partial charge in [0.15, 0.2) is 0 Å². The van der Waals surface area contributed by atoms with Crippen LogP contribution in [0.2, 0.25) is 15.1 Å². The molecule has 0 amide bonds. The molecule has 2 aromatic carbocycles. The van der Waals surface area contributed by atoms with Crippen LogP contribution < -0.4 is 10.1 Å². The smallest absolute Gasteiger partial charge is 0.329 e. The van der Waals surface area contributed by atoms with Crippen LogP contribution in [0.1, 0.15) is 87.1 Å². The summed E-state index contributed by atoms with van der Waals surface area (Å²) < 4.78 is 6.47. The highest BCUT2D eigenvalue weighted by Gasteiger charge is 2.52. The molecule has 0 aliphatic heterocycles. The summed E-state index contributed by atoms with van der Waals surface area (Å²) in [5, 5.41) is 15.4. The Morgan fingerprint density at radius 3 is 2.67 bits per heavy atom. The molecular weight excluding hydrogens is 603 g/mol. The predicted molar refractivity (Wildman–Crippen MR) is 175 cm³/mol. The monoisotopic (exact) mass is 638 g/mol. The van der Waals surface area contributed by atoms with E-state index in [2.05, 4.69) is 36.3 Å². The van der Waals surface area contributed by atoms with Gasteiger partial charge in [-0.05, 0) is 105 Å². The molecule has 3 aliphatic carbocycles. The molecule has 3 aliphatic rings. The Balaban J connectivity index is 1.24. The second-order valence-corrected chi connectivity index (χ2v) is 13.9. The summed E-state index contributed by atoms with van der Waals surface area (Å²) in [6.07, 6.45) is 10.5. The standard InChI is InChI=1S/C35H37Cl3N2O3/c1-21(20-43-30-11-16-39-29-8-3-5-22(2)31(29)30)17-23-18-26-27(9-10-28(37)32(26)38)34(23)12-14-35(15-13-34,33(41)42)40-25-7-4-6-24(36)19-25/h4,6-7,9-11,16,18-19,21-22,40H,3,5,8,12-15,17,20H2,1-2H3,(H,41,42)/t21-,22-,34?,35?/m1/s1. The Morgan fingerprint density at radius 1 is 1.14 bits per heavy atom. The SMILES string of the molecule is C[C@@H](COc1ccnc2c1[C@H](C)CCC2)CC1=Cc2c(ccc(Cl)c2Cl)C12CCC(Nc1cccc(Cl)c1)(C(=O)O)CC2.